The Bertz CT molecular complexity index is 661. The van der Waals surface area contributed by atoms with Gasteiger partial charge in [0.1, 0.15) is 0 Å². The van der Waals surface area contributed by atoms with Crippen molar-refractivity contribution in [1.82, 2.24) is 0 Å². The van der Waals surface area contributed by atoms with Crippen LogP contribution in [0.2, 0.25) is 0 Å². The van der Waals surface area contributed by atoms with Crippen LogP contribution in [0.15, 0.2) is 48.5 Å². The average Bonchev–Trinajstić information content (AvgIpc) is 2.53. The van der Waals surface area contributed by atoms with Crippen LogP contribution in [0.25, 0.3) is 11.1 Å². The summed E-state index contributed by atoms with van der Waals surface area (Å²) < 4.78 is 44.0. The topological polar surface area (TPSA) is 26.3 Å². The van der Waals surface area contributed by atoms with Crippen molar-refractivity contribution in [2.24, 2.45) is 0 Å². The molecule has 0 heterocycles. The smallest absolute Gasteiger partial charge is 0.417 e. The maximum absolute atomic E-state index is 13.0. The van der Waals surface area contributed by atoms with Gasteiger partial charge in [-0.25, -0.2) is 0 Å². The Morgan fingerprint density at radius 2 is 1.70 bits per heavy atom. The van der Waals surface area contributed by atoms with Gasteiger partial charge in [0.15, 0.2) is 0 Å². The van der Waals surface area contributed by atoms with Crippen molar-refractivity contribution in [3.63, 3.8) is 0 Å². The van der Waals surface area contributed by atoms with Crippen LogP contribution < -0.4 is 0 Å². The number of carbonyl (C=O) groups is 1. The number of halogens is 3. The number of aryl methyl sites for hydroxylation is 1. The molecule has 0 bridgehead atoms. The Morgan fingerprint density at radius 1 is 1.04 bits per heavy atom. The molecule has 0 fully saturated rings. The summed E-state index contributed by atoms with van der Waals surface area (Å²) in [5.41, 5.74) is 0.875. The predicted molar refractivity (Wildman–Crippen MR) is 81.8 cm³/mol. The zero-order chi connectivity index (χ0) is 16.9. The fourth-order valence-corrected chi connectivity index (χ4v) is 2.31. The molecule has 2 nitrogen and oxygen atoms in total. The molecule has 0 saturated carbocycles. The first-order chi connectivity index (χ1) is 10.9. The highest BCUT2D eigenvalue weighted by Gasteiger charge is 2.33. The second-order valence-corrected chi connectivity index (χ2v) is 5.05. The molecule has 0 aliphatic heterocycles. The summed E-state index contributed by atoms with van der Waals surface area (Å²) in [6.45, 7) is 2.08. The Kier molecular flexibility index (Phi) is 5.42. The molecule has 23 heavy (non-hydrogen) atoms. The van der Waals surface area contributed by atoms with E-state index in [2.05, 4.69) is 0 Å². The molecule has 0 N–H and O–H groups in total. The van der Waals surface area contributed by atoms with Gasteiger partial charge in [-0.1, -0.05) is 42.5 Å². The predicted octanol–water partition coefficient (Wildman–Crippen LogP) is 4.87. The summed E-state index contributed by atoms with van der Waals surface area (Å²) in [5, 5.41) is 0. The second-order valence-electron chi connectivity index (χ2n) is 5.05. The minimum atomic E-state index is -4.39. The van der Waals surface area contributed by atoms with Crippen molar-refractivity contribution in [3.8, 4) is 11.1 Å². The lowest BCUT2D eigenvalue weighted by Gasteiger charge is -2.13. The largest absolute Gasteiger partial charge is 0.466 e. The first-order valence-corrected chi connectivity index (χ1v) is 7.33. The quantitative estimate of drug-likeness (QED) is 0.734. The fraction of sp³-hybridized carbons (Fsp3) is 0.278. The molecule has 0 aliphatic carbocycles. The highest BCUT2D eigenvalue weighted by atomic mass is 19.4. The molecule has 0 unspecified atom stereocenters. The minimum absolute atomic E-state index is 0.150. The van der Waals surface area contributed by atoms with Crippen molar-refractivity contribution >= 4 is 5.97 Å². The van der Waals surface area contributed by atoms with Gasteiger partial charge >= 0.3 is 12.1 Å². The van der Waals surface area contributed by atoms with Crippen molar-refractivity contribution in [3.05, 3.63) is 59.7 Å². The highest BCUT2D eigenvalue weighted by Crippen LogP contribution is 2.36. The molecule has 2 rings (SSSR count). The van der Waals surface area contributed by atoms with Gasteiger partial charge in [-0.3, -0.25) is 4.79 Å². The van der Waals surface area contributed by atoms with Crippen LogP contribution in [0.3, 0.4) is 0 Å². The van der Waals surface area contributed by atoms with E-state index in [9.17, 15) is 18.0 Å². The summed E-state index contributed by atoms with van der Waals surface area (Å²) in [4.78, 5) is 11.3. The summed E-state index contributed by atoms with van der Waals surface area (Å²) >= 11 is 0. The third-order valence-electron chi connectivity index (χ3n) is 3.42. The lowest BCUT2D eigenvalue weighted by molar-refractivity contribution is -0.143. The lowest BCUT2D eigenvalue weighted by Crippen LogP contribution is -2.07. The molecule has 0 amide bonds. The minimum Gasteiger partial charge on any atom is -0.466 e. The summed E-state index contributed by atoms with van der Waals surface area (Å²) in [5.74, 6) is -0.279. The maximum Gasteiger partial charge on any atom is 0.417 e. The van der Waals surface area contributed by atoms with Crippen molar-refractivity contribution in [2.75, 3.05) is 6.61 Å². The molecule has 5 heteroatoms. The van der Waals surface area contributed by atoms with Gasteiger partial charge in [-0.05, 0) is 36.1 Å². The lowest BCUT2D eigenvalue weighted by atomic mass is 9.97. The molecule has 0 saturated heterocycles. The third-order valence-corrected chi connectivity index (χ3v) is 3.42. The normalized spacial score (nSPS) is 11.3. The Balaban J connectivity index is 2.16. The van der Waals surface area contributed by atoms with E-state index in [1.165, 1.54) is 12.1 Å². The molecular formula is C18H17F3O2. The molecule has 2 aromatic rings. The number of benzene rings is 2. The first kappa shape index (κ1) is 17.1. The number of carbonyl (C=O) groups excluding carboxylic acids is 1. The number of alkyl halides is 3. The van der Waals surface area contributed by atoms with E-state index in [1.54, 1.807) is 37.3 Å². The summed E-state index contributed by atoms with van der Waals surface area (Å²) in [6, 6.07) is 12.2. The van der Waals surface area contributed by atoms with Gasteiger partial charge in [0.2, 0.25) is 0 Å². The number of hydrogen-bond donors (Lipinski definition) is 0. The average molecular weight is 322 g/mol. The van der Waals surface area contributed by atoms with Gasteiger partial charge in [-0.2, -0.15) is 13.2 Å². The van der Waals surface area contributed by atoms with E-state index in [1.807, 2.05) is 0 Å². The van der Waals surface area contributed by atoms with Gasteiger partial charge < -0.3 is 4.74 Å². The molecule has 2 aromatic carbocycles. The Morgan fingerprint density at radius 3 is 2.30 bits per heavy atom. The van der Waals surface area contributed by atoms with E-state index in [-0.39, 0.29) is 18.0 Å². The van der Waals surface area contributed by atoms with Crippen LogP contribution in [0.5, 0.6) is 0 Å². The van der Waals surface area contributed by atoms with Gasteiger partial charge in [0.05, 0.1) is 12.2 Å². The zero-order valence-corrected chi connectivity index (χ0v) is 12.7. The molecule has 0 aliphatic rings. The summed E-state index contributed by atoms with van der Waals surface area (Å²) in [7, 11) is 0. The van der Waals surface area contributed by atoms with E-state index in [4.69, 9.17) is 4.74 Å². The van der Waals surface area contributed by atoms with Gasteiger partial charge in [0, 0.05) is 6.42 Å². The Labute approximate surface area is 132 Å². The molecule has 0 atom stereocenters. The van der Waals surface area contributed by atoms with Crippen molar-refractivity contribution in [2.45, 2.75) is 25.9 Å². The van der Waals surface area contributed by atoms with Crippen molar-refractivity contribution in [1.29, 1.82) is 0 Å². The molecule has 0 radical (unpaired) electrons. The van der Waals surface area contributed by atoms with E-state index in [0.29, 0.717) is 18.6 Å². The van der Waals surface area contributed by atoms with Gasteiger partial charge in [0.25, 0.3) is 0 Å². The van der Waals surface area contributed by atoms with E-state index < -0.39 is 11.7 Å². The van der Waals surface area contributed by atoms with Gasteiger partial charge in [-0.15, -0.1) is 0 Å². The van der Waals surface area contributed by atoms with E-state index in [0.717, 1.165) is 11.6 Å². The molecule has 0 spiro atoms. The second kappa shape index (κ2) is 7.31. The van der Waals surface area contributed by atoms with Crippen LogP contribution in [-0.4, -0.2) is 12.6 Å². The molecular weight excluding hydrogens is 305 g/mol. The number of rotatable bonds is 5. The third kappa shape index (κ3) is 4.58. The SMILES string of the molecule is CCOC(=O)CCc1ccc(-c2ccccc2C(F)(F)F)cc1. The maximum atomic E-state index is 13.0. The zero-order valence-electron chi connectivity index (χ0n) is 12.7. The fourth-order valence-electron chi connectivity index (χ4n) is 2.31. The van der Waals surface area contributed by atoms with Crippen LogP contribution in [0, 0.1) is 0 Å². The highest BCUT2D eigenvalue weighted by molar-refractivity contribution is 5.70. The number of ether oxygens (including phenoxy) is 1. The van der Waals surface area contributed by atoms with Crippen LogP contribution in [0.4, 0.5) is 13.2 Å². The van der Waals surface area contributed by atoms with Crippen LogP contribution >= 0.6 is 0 Å². The molecule has 0 aromatic heterocycles. The Hall–Kier alpha value is -2.30. The number of hydrogen-bond acceptors (Lipinski definition) is 2. The summed E-state index contributed by atoms with van der Waals surface area (Å²) in [6.07, 6.45) is -3.63. The monoisotopic (exact) mass is 322 g/mol. The standard InChI is InChI=1S/C18H17F3O2/c1-2-23-17(22)12-9-13-7-10-14(11-8-13)15-5-3-4-6-16(15)18(19,20)21/h3-8,10-11H,2,9,12H2,1H3. The van der Waals surface area contributed by atoms with Crippen molar-refractivity contribution < 1.29 is 22.7 Å². The van der Waals surface area contributed by atoms with E-state index >= 15 is 0 Å². The molecule has 122 valence electrons. The number of esters is 1. The van der Waals surface area contributed by atoms with Crippen LogP contribution in [-0.2, 0) is 22.1 Å². The van der Waals surface area contributed by atoms with Crippen LogP contribution in [0.1, 0.15) is 24.5 Å². The first-order valence-electron chi connectivity index (χ1n) is 7.33.